The molecule has 0 saturated carbocycles. The van der Waals surface area contributed by atoms with Crippen LogP contribution in [0.4, 0.5) is 5.69 Å². The van der Waals surface area contributed by atoms with Crippen LogP contribution in [-0.2, 0) is 6.54 Å². The fourth-order valence-corrected chi connectivity index (χ4v) is 1.90. The Morgan fingerprint density at radius 2 is 2.00 bits per heavy atom. The first kappa shape index (κ1) is 13.3. The van der Waals surface area contributed by atoms with Gasteiger partial charge < -0.3 is 10.2 Å². The summed E-state index contributed by atoms with van der Waals surface area (Å²) in [5.74, 6) is 0.677. The van der Waals surface area contributed by atoms with Gasteiger partial charge >= 0.3 is 0 Å². The Balaban J connectivity index is 2.59. The van der Waals surface area contributed by atoms with Gasteiger partial charge in [-0.3, -0.25) is 0 Å². The summed E-state index contributed by atoms with van der Waals surface area (Å²) in [5, 5.41) is 4.22. The Morgan fingerprint density at radius 3 is 2.50 bits per heavy atom. The number of rotatable bonds is 5. The third-order valence-electron chi connectivity index (χ3n) is 2.38. The highest BCUT2D eigenvalue weighted by Crippen LogP contribution is 2.25. The van der Waals surface area contributed by atoms with Crippen LogP contribution in [0.5, 0.6) is 0 Å². The molecule has 0 bridgehead atoms. The number of hydrogen-bond acceptors (Lipinski definition) is 2. The molecule has 1 rings (SSSR count). The average Bonchev–Trinajstić information content (AvgIpc) is 2.16. The Hall–Kier alpha value is -0.730. The minimum Gasteiger partial charge on any atom is -0.376 e. The summed E-state index contributed by atoms with van der Waals surface area (Å²) in [6.45, 7) is 6.32. The second kappa shape index (κ2) is 6.12. The number of halogens is 1. The largest absolute Gasteiger partial charge is 0.376 e. The first-order chi connectivity index (χ1) is 7.50. The molecule has 0 spiro atoms. The molecule has 1 aromatic rings. The molecule has 0 fully saturated rings. The molecule has 0 aliphatic carbocycles. The lowest BCUT2D eigenvalue weighted by Crippen LogP contribution is -2.19. The zero-order valence-corrected chi connectivity index (χ0v) is 11.3. The van der Waals surface area contributed by atoms with E-state index in [1.807, 2.05) is 25.1 Å². The van der Waals surface area contributed by atoms with Crippen molar-refractivity contribution in [2.75, 3.05) is 25.5 Å². The molecule has 2 nitrogen and oxygen atoms in total. The first-order valence-corrected chi connectivity index (χ1v) is 6.05. The molecule has 0 aromatic heterocycles. The van der Waals surface area contributed by atoms with E-state index in [0.29, 0.717) is 5.92 Å². The van der Waals surface area contributed by atoms with Gasteiger partial charge in [-0.1, -0.05) is 31.5 Å². The molecule has 0 aliphatic rings. The molecule has 90 valence electrons. The van der Waals surface area contributed by atoms with Crippen molar-refractivity contribution in [1.29, 1.82) is 0 Å². The average molecular weight is 241 g/mol. The second-order valence-corrected chi connectivity index (χ2v) is 5.11. The van der Waals surface area contributed by atoms with Gasteiger partial charge in [-0.05, 0) is 30.2 Å². The normalized spacial score (nSPS) is 10.9. The Bertz CT molecular complexity index is 335. The van der Waals surface area contributed by atoms with Gasteiger partial charge in [-0.2, -0.15) is 0 Å². The van der Waals surface area contributed by atoms with E-state index < -0.39 is 0 Å². The van der Waals surface area contributed by atoms with Crippen molar-refractivity contribution in [3.8, 4) is 0 Å². The highest BCUT2D eigenvalue weighted by molar-refractivity contribution is 6.33. The molecular weight excluding hydrogens is 220 g/mol. The zero-order valence-electron chi connectivity index (χ0n) is 10.5. The van der Waals surface area contributed by atoms with Crippen LogP contribution in [0.2, 0.25) is 5.02 Å². The fourth-order valence-electron chi connectivity index (χ4n) is 1.53. The van der Waals surface area contributed by atoms with Gasteiger partial charge in [0, 0.05) is 20.6 Å². The summed E-state index contributed by atoms with van der Waals surface area (Å²) in [5.41, 5.74) is 2.30. The molecule has 0 heterocycles. The van der Waals surface area contributed by atoms with Crippen molar-refractivity contribution >= 4 is 17.3 Å². The van der Waals surface area contributed by atoms with Crippen LogP contribution in [0.1, 0.15) is 19.4 Å². The van der Waals surface area contributed by atoms with Crippen LogP contribution in [0.15, 0.2) is 18.2 Å². The van der Waals surface area contributed by atoms with E-state index in [0.717, 1.165) is 23.8 Å². The molecule has 0 unspecified atom stereocenters. The highest BCUT2D eigenvalue weighted by atomic mass is 35.5. The van der Waals surface area contributed by atoms with Gasteiger partial charge in [0.15, 0.2) is 0 Å². The Kier molecular flexibility index (Phi) is 5.10. The topological polar surface area (TPSA) is 15.3 Å². The van der Waals surface area contributed by atoms with E-state index in [-0.39, 0.29) is 0 Å². The number of nitrogens with one attached hydrogen (secondary N) is 1. The quantitative estimate of drug-likeness (QED) is 0.851. The molecule has 3 heteroatoms. The predicted octanol–water partition coefficient (Wildman–Crippen LogP) is 3.15. The number of hydrogen-bond donors (Lipinski definition) is 1. The van der Waals surface area contributed by atoms with Gasteiger partial charge in [-0.25, -0.2) is 0 Å². The van der Waals surface area contributed by atoms with Gasteiger partial charge in [-0.15, -0.1) is 0 Å². The molecule has 0 amide bonds. The minimum absolute atomic E-state index is 0.677. The summed E-state index contributed by atoms with van der Waals surface area (Å²) < 4.78 is 0. The summed E-state index contributed by atoms with van der Waals surface area (Å²) in [6.07, 6.45) is 0. The summed E-state index contributed by atoms with van der Waals surface area (Å²) in [6, 6.07) is 6.22. The van der Waals surface area contributed by atoms with Gasteiger partial charge in [0.1, 0.15) is 0 Å². The minimum atomic E-state index is 0.677. The van der Waals surface area contributed by atoms with E-state index in [9.17, 15) is 0 Å². The molecule has 0 saturated heterocycles. The Labute approximate surface area is 104 Å². The smallest absolute Gasteiger partial charge is 0.0642 e. The Morgan fingerprint density at radius 1 is 1.31 bits per heavy atom. The number of anilines is 1. The van der Waals surface area contributed by atoms with Crippen molar-refractivity contribution in [2.24, 2.45) is 5.92 Å². The molecule has 0 aliphatic heterocycles. The van der Waals surface area contributed by atoms with E-state index >= 15 is 0 Å². The summed E-state index contributed by atoms with van der Waals surface area (Å²) in [7, 11) is 4.00. The number of benzene rings is 1. The lowest BCUT2D eigenvalue weighted by Gasteiger charge is -2.15. The van der Waals surface area contributed by atoms with Crippen molar-refractivity contribution in [1.82, 2.24) is 5.32 Å². The molecule has 1 aromatic carbocycles. The van der Waals surface area contributed by atoms with Crippen LogP contribution < -0.4 is 10.2 Å². The zero-order chi connectivity index (χ0) is 12.1. The molecular formula is C13H21ClN2. The summed E-state index contributed by atoms with van der Waals surface area (Å²) >= 11 is 6.20. The predicted molar refractivity (Wildman–Crippen MR) is 72.3 cm³/mol. The van der Waals surface area contributed by atoms with Crippen LogP contribution in [0.3, 0.4) is 0 Å². The molecule has 16 heavy (non-hydrogen) atoms. The van der Waals surface area contributed by atoms with E-state index in [4.69, 9.17) is 11.6 Å². The van der Waals surface area contributed by atoms with Crippen LogP contribution >= 0.6 is 11.6 Å². The van der Waals surface area contributed by atoms with E-state index in [2.05, 4.69) is 31.3 Å². The molecule has 1 N–H and O–H groups in total. The highest BCUT2D eigenvalue weighted by Gasteiger charge is 2.03. The SMILES string of the molecule is CC(C)CNCc1ccc(N(C)C)c(Cl)c1. The maximum atomic E-state index is 6.20. The van der Waals surface area contributed by atoms with Crippen LogP contribution in [-0.4, -0.2) is 20.6 Å². The third-order valence-corrected chi connectivity index (χ3v) is 2.68. The van der Waals surface area contributed by atoms with Gasteiger partial charge in [0.2, 0.25) is 0 Å². The van der Waals surface area contributed by atoms with Gasteiger partial charge in [0.05, 0.1) is 10.7 Å². The molecule has 0 radical (unpaired) electrons. The second-order valence-electron chi connectivity index (χ2n) is 4.70. The fraction of sp³-hybridized carbons (Fsp3) is 0.538. The van der Waals surface area contributed by atoms with Gasteiger partial charge in [0.25, 0.3) is 0 Å². The van der Waals surface area contributed by atoms with Crippen LogP contribution in [0.25, 0.3) is 0 Å². The van der Waals surface area contributed by atoms with Crippen molar-refractivity contribution < 1.29 is 0 Å². The number of nitrogens with zero attached hydrogens (tertiary/aromatic N) is 1. The van der Waals surface area contributed by atoms with Crippen LogP contribution in [0, 0.1) is 5.92 Å². The maximum absolute atomic E-state index is 6.20. The van der Waals surface area contributed by atoms with Crippen molar-refractivity contribution in [3.63, 3.8) is 0 Å². The summed E-state index contributed by atoms with van der Waals surface area (Å²) in [4.78, 5) is 2.02. The van der Waals surface area contributed by atoms with E-state index in [1.54, 1.807) is 0 Å². The standard InChI is InChI=1S/C13H21ClN2/c1-10(2)8-15-9-11-5-6-13(16(3)4)12(14)7-11/h5-7,10,15H,8-9H2,1-4H3. The third kappa shape index (κ3) is 4.03. The van der Waals surface area contributed by atoms with E-state index in [1.165, 1.54) is 5.56 Å². The monoisotopic (exact) mass is 240 g/mol. The van der Waals surface area contributed by atoms with Crippen molar-refractivity contribution in [2.45, 2.75) is 20.4 Å². The lowest BCUT2D eigenvalue weighted by molar-refractivity contribution is 0.552. The van der Waals surface area contributed by atoms with Crippen molar-refractivity contribution in [3.05, 3.63) is 28.8 Å². The molecule has 0 atom stereocenters. The lowest BCUT2D eigenvalue weighted by atomic mass is 10.2. The first-order valence-electron chi connectivity index (χ1n) is 5.67. The maximum Gasteiger partial charge on any atom is 0.0642 e.